The van der Waals surface area contributed by atoms with E-state index in [-0.39, 0.29) is 5.91 Å². The van der Waals surface area contributed by atoms with E-state index in [1.54, 1.807) is 0 Å². The number of carbonyl (C=O) groups is 1. The van der Waals surface area contributed by atoms with Gasteiger partial charge in [0.15, 0.2) is 0 Å². The number of rotatable bonds is 5. The van der Waals surface area contributed by atoms with Gasteiger partial charge in [0.1, 0.15) is 5.54 Å². The van der Waals surface area contributed by atoms with Crippen LogP contribution >= 0.6 is 0 Å². The SMILES string of the molecule is CC(C)C1CCN(CC(N)(C(N)=O)C2CC2)CC1. The Bertz CT molecular complexity index is 306. The predicted octanol–water partition coefficient (Wildman–Crippen LogP) is 0.947. The lowest BCUT2D eigenvalue weighted by molar-refractivity contribution is -0.124. The molecule has 2 rings (SSSR count). The summed E-state index contributed by atoms with van der Waals surface area (Å²) in [5.74, 6) is 1.58. The van der Waals surface area contributed by atoms with E-state index in [1.807, 2.05) is 0 Å². The number of hydrogen-bond donors (Lipinski definition) is 2. The van der Waals surface area contributed by atoms with Crippen molar-refractivity contribution in [2.75, 3.05) is 19.6 Å². The van der Waals surface area contributed by atoms with Crippen molar-refractivity contribution in [1.82, 2.24) is 4.90 Å². The molecule has 2 aliphatic rings. The predicted molar refractivity (Wildman–Crippen MR) is 72.8 cm³/mol. The zero-order valence-electron chi connectivity index (χ0n) is 11.7. The van der Waals surface area contributed by atoms with Crippen LogP contribution in [0.15, 0.2) is 0 Å². The maximum absolute atomic E-state index is 11.6. The molecule has 1 unspecified atom stereocenters. The van der Waals surface area contributed by atoms with Gasteiger partial charge in [-0.05, 0) is 56.5 Å². The molecule has 0 aromatic rings. The number of hydrogen-bond acceptors (Lipinski definition) is 3. The smallest absolute Gasteiger partial charge is 0.239 e. The Hall–Kier alpha value is -0.610. The van der Waals surface area contributed by atoms with E-state index < -0.39 is 5.54 Å². The van der Waals surface area contributed by atoms with E-state index in [2.05, 4.69) is 18.7 Å². The number of nitrogens with zero attached hydrogens (tertiary/aromatic N) is 1. The maximum atomic E-state index is 11.6. The van der Waals surface area contributed by atoms with E-state index in [4.69, 9.17) is 11.5 Å². The maximum Gasteiger partial charge on any atom is 0.239 e. The molecule has 104 valence electrons. The molecule has 1 aliphatic carbocycles. The van der Waals surface area contributed by atoms with Crippen molar-refractivity contribution in [3.63, 3.8) is 0 Å². The minimum absolute atomic E-state index is 0.317. The number of amides is 1. The molecule has 18 heavy (non-hydrogen) atoms. The highest BCUT2D eigenvalue weighted by atomic mass is 16.1. The first-order chi connectivity index (χ1) is 8.43. The van der Waals surface area contributed by atoms with Gasteiger partial charge in [0.25, 0.3) is 0 Å². The normalized spacial score (nSPS) is 26.2. The van der Waals surface area contributed by atoms with Crippen molar-refractivity contribution < 1.29 is 4.79 Å². The van der Waals surface area contributed by atoms with Crippen molar-refractivity contribution in [3.05, 3.63) is 0 Å². The molecule has 0 aromatic carbocycles. The second-order valence-corrected chi connectivity index (χ2v) is 6.54. The Balaban J connectivity index is 1.88. The molecule has 0 radical (unpaired) electrons. The average Bonchev–Trinajstić information content (AvgIpc) is 3.13. The Morgan fingerprint density at radius 2 is 1.83 bits per heavy atom. The third-order valence-corrected chi connectivity index (χ3v) is 4.82. The van der Waals surface area contributed by atoms with Crippen LogP contribution in [-0.2, 0) is 4.79 Å². The van der Waals surface area contributed by atoms with Gasteiger partial charge in [-0.3, -0.25) is 4.79 Å². The van der Waals surface area contributed by atoms with Crippen molar-refractivity contribution >= 4 is 5.91 Å². The van der Waals surface area contributed by atoms with Gasteiger partial charge in [-0.25, -0.2) is 0 Å². The highest BCUT2D eigenvalue weighted by Gasteiger charge is 2.47. The van der Waals surface area contributed by atoms with Gasteiger partial charge in [-0.1, -0.05) is 13.8 Å². The fourth-order valence-electron chi connectivity index (χ4n) is 3.15. The molecule has 1 saturated carbocycles. The summed E-state index contributed by atoms with van der Waals surface area (Å²) in [6, 6.07) is 0. The number of likely N-dealkylation sites (tertiary alicyclic amines) is 1. The zero-order chi connectivity index (χ0) is 13.3. The molecular weight excluding hydrogens is 226 g/mol. The summed E-state index contributed by atoms with van der Waals surface area (Å²) in [4.78, 5) is 14.0. The quantitative estimate of drug-likeness (QED) is 0.766. The van der Waals surface area contributed by atoms with Gasteiger partial charge in [-0.15, -0.1) is 0 Å². The summed E-state index contributed by atoms with van der Waals surface area (Å²) < 4.78 is 0. The molecular formula is C14H27N3O. The van der Waals surface area contributed by atoms with Crippen LogP contribution in [0.2, 0.25) is 0 Å². The molecule has 4 N–H and O–H groups in total. The lowest BCUT2D eigenvalue weighted by Gasteiger charge is -2.38. The summed E-state index contributed by atoms with van der Waals surface area (Å²) in [5, 5.41) is 0. The molecule has 2 fully saturated rings. The lowest BCUT2D eigenvalue weighted by Crippen LogP contribution is -2.61. The van der Waals surface area contributed by atoms with Crippen LogP contribution in [0.1, 0.15) is 39.5 Å². The van der Waals surface area contributed by atoms with E-state index in [1.165, 1.54) is 12.8 Å². The van der Waals surface area contributed by atoms with Crippen LogP contribution in [0.5, 0.6) is 0 Å². The summed E-state index contributed by atoms with van der Waals surface area (Å²) in [6.07, 6.45) is 4.55. The van der Waals surface area contributed by atoms with Crippen molar-refractivity contribution in [2.24, 2.45) is 29.2 Å². The fourth-order valence-corrected chi connectivity index (χ4v) is 3.15. The molecule has 1 saturated heterocycles. The Labute approximate surface area is 110 Å². The molecule has 1 aliphatic heterocycles. The van der Waals surface area contributed by atoms with Crippen molar-refractivity contribution in [1.29, 1.82) is 0 Å². The molecule has 4 nitrogen and oxygen atoms in total. The minimum Gasteiger partial charge on any atom is -0.368 e. The molecule has 4 heteroatoms. The van der Waals surface area contributed by atoms with E-state index in [0.29, 0.717) is 12.5 Å². The van der Waals surface area contributed by atoms with Crippen LogP contribution in [0.4, 0.5) is 0 Å². The van der Waals surface area contributed by atoms with Gasteiger partial charge in [-0.2, -0.15) is 0 Å². The van der Waals surface area contributed by atoms with Gasteiger partial charge in [0.2, 0.25) is 5.91 Å². The second-order valence-electron chi connectivity index (χ2n) is 6.54. The number of nitrogens with two attached hydrogens (primary N) is 2. The first-order valence-corrected chi connectivity index (χ1v) is 7.24. The Morgan fingerprint density at radius 3 is 2.22 bits per heavy atom. The molecule has 1 heterocycles. The third-order valence-electron chi connectivity index (χ3n) is 4.82. The van der Waals surface area contributed by atoms with E-state index in [0.717, 1.165) is 37.8 Å². The highest BCUT2D eigenvalue weighted by molar-refractivity contribution is 5.85. The minimum atomic E-state index is -0.787. The number of carbonyl (C=O) groups excluding carboxylic acids is 1. The Kier molecular flexibility index (Phi) is 3.97. The third kappa shape index (κ3) is 2.86. The standard InChI is InChI=1S/C14H27N3O/c1-10(2)11-5-7-17(8-6-11)9-14(16,13(15)18)12-3-4-12/h10-12H,3-9,16H2,1-2H3,(H2,15,18). The number of primary amides is 1. The molecule has 0 spiro atoms. The lowest BCUT2D eigenvalue weighted by atomic mass is 9.85. The van der Waals surface area contributed by atoms with Gasteiger partial charge in [0.05, 0.1) is 0 Å². The van der Waals surface area contributed by atoms with Crippen molar-refractivity contribution in [3.8, 4) is 0 Å². The average molecular weight is 253 g/mol. The van der Waals surface area contributed by atoms with Gasteiger partial charge >= 0.3 is 0 Å². The summed E-state index contributed by atoms with van der Waals surface area (Å²) in [5.41, 5.74) is 11.0. The van der Waals surface area contributed by atoms with Crippen LogP contribution in [0.3, 0.4) is 0 Å². The fraction of sp³-hybridized carbons (Fsp3) is 0.929. The molecule has 0 aromatic heterocycles. The van der Waals surface area contributed by atoms with E-state index >= 15 is 0 Å². The first-order valence-electron chi connectivity index (χ1n) is 7.24. The monoisotopic (exact) mass is 253 g/mol. The second kappa shape index (κ2) is 5.17. The van der Waals surface area contributed by atoms with Gasteiger partial charge in [0, 0.05) is 6.54 Å². The highest BCUT2D eigenvalue weighted by Crippen LogP contribution is 2.39. The summed E-state index contributed by atoms with van der Waals surface area (Å²) >= 11 is 0. The van der Waals surface area contributed by atoms with Crippen LogP contribution in [0, 0.1) is 17.8 Å². The molecule has 1 amide bonds. The van der Waals surface area contributed by atoms with Gasteiger partial charge < -0.3 is 16.4 Å². The zero-order valence-corrected chi connectivity index (χ0v) is 11.7. The van der Waals surface area contributed by atoms with Crippen LogP contribution in [0.25, 0.3) is 0 Å². The van der Waals surface area contributed by atoms with Crippen LogP contribution < -0.4 is 11.5 Å². The summed E-state index contributed by atoms with van der Waals surface area (Å²) in [7, 11) is 0. The topological polar surface area (TPSA) is 72.3 Å². The summed E-state index contributed by atoms with van der Waals surface area (Å²) in [6.45, 7) is 7.35. The first kappa shape index (κ1) is 13.8. The van der Waals surface area contributed by atoms with E-state index in [9.17, 15) is 4.79 Å². The number of piperidine rings is 1. The molecule has 0 bridgehead atoms. The van der Waals surface area contributed by atoms with Crippen LogP contribution in [-0.4, -0.2) is 36.0 Å². The molecule has 1 atom stereocenters. The Morgan fingerprint density at radius 1 is 1.28 bits per heavy atom. The largest absolute Gasteiger partial charge is 0.368 e. The van der Waals surface area contributed by atoms with Crippen molar-refractivity contribution in [2.45, 2.75) is 45.1 Å².